The van der Waals surface area contributed by atoms with Crippen molar-refractivity contribution in [2.75, 3.05) is 13.1 Å². The minimum Gasteiger partial charge on any atom is -0.459 e. The van der Waals surface area contributed by atoms with E-state index in [9.17, 15) is 19.2 Å². The number of esters is 1. The maximum atomic E-state index is 13.8. The van der Waals surface area contributed by atoms with E-state index < -0.39 is 47.5 Å². The smallest absolute Gasteiger partial charge is 0.408 e. The number of carbonyl (C=O) groups excluding carboxylic acids is 4. The average Bonchev–Trinajstić information content (AvgIpc) is 2.94. The van der Waals surface area contributed by atoms with Gasteiger partial charge < -0.3 is 25.4 Å². The van der Waals surface area contributed by atoms with Gasteiger partial charge in [-0.1, -0.05) is 91.0 Å². The maximum Gasteiger partial charge on any atom is 0.408 e. The van der Waals surface area contributed by atoms with E-state index >= 15 is 0 Å². The highest BCUT2D eigenvalue weighted by Gasteiger charge is 2.45. The van der Waals surface area contributed by atoms with Crippen LogP contribution >= 0.6 is 0 Å². The van der Waals surface area contributed by atoms with Crippen molar-refractivity contribution in [2.45, 2.75) is 51.4 Å². The summed E-state index contributed by atoms with van der Waals surface area (Å²) >= 11 is 0. The summed E-state index contributed by atoms with van der Waals surface area (Å²) < 4.78 is 10.7. The van der Waals surface area contributed by atoms with Crippen LogP contribution in [-0.4, -0.2) is 48.1 Å². The van der Waals surface area contributed by atoms with E-state index in [-0.39, 0.29) is 13.2 Å². The summed E-state index contributed by atoms with van der Waals surface area (Å²) in [5.41, 5.74) is 0.0612. The Hall–Kier alpha value is -4.66. The van der Waals surface area contributed by atoms with Crippen molar-refractivity contribution >= 4 is 23.9 Å². The van der Waals surface area contributed by atoms with Gasteiger partial charge in [0.1, 0.15) is 24.3 Å². The van der Waals surface area contributed by atoms with Gasteiger partial charge in [-0.25, -0.2) is 4.79 Å². The monoisotopic (exact) mass is 559 g/mol. The van der Waals surface area contributed by atoms with Crippen LogP contribution in [0.2, 0.25) is 0 Å². The Morgan fingerprint density at radius 2 is 1.22 bits per heavy atom. The lowest BCUT2D eigenvalue weighted by molar-refractivity contribution is -0.154. The zero-order valence-corrected chi connectivity index (χ0v) is 23.8. The van der Waals surface area contributed by atoms with Gasteiger partial charge >= 0.3 is 12.1 Å². The minimum absolute atomic E-state index is 0.0127. The second-order valence-electron chi connectivity index (χ2n) is 10.7. The molecule has 3 rings (SSSR count). The summed E-state index contributed by atoms with van der Waals surface area (Å²) in [5.74, 6) is -2.44. The van der Waals surface area contributed by atoms with Gasteiger partial charge in [-0.2, -0.15) is 0 Å². The quantitative estimate of drug-likeness (QED) is 0.304. The Labute approximate surface area is 240 Å². The van der Waals surface area contributed by atoms with Crippen molar-refractivity contribution in [3.8, 4) is 0 Å². The summed E-state index contributed by atoms with van der Waals surface area (Å²) in [5, 5.41) is 7.85. The fourth-order valence-corrected chi connectivity index (χ4v) is 4.34. The number of hydrogen-bond acceptors (Lipinski definition) is 6. The van der Waals surface area contributed by atoms with Gasteiger partial charge in [0.05, 0.1) is 6.54 Å². The van der Waals surface area contributed by atoms with Gasteiger partial charge in [0.25, 0.3) is 0 Å². The molecule has 0 fully saturated rings. The SMILES string of the molecule is CC(C)(C)OC(=O)CNC(=O)CNC(=O)[C@@](C)(NC(=O)OCc1ccccc1)C(c1ccccc1)c1ccccc1. The van der Waals surface area contributed by atoms with E-state index in [1.807, 2.05) is 91.0 Å². The average molecular weight is 560 g/mol. The Morgan fingerprint density at radius 1 is 0.707 bits per heavy atom. The first-order valence-electron chi connectivity index (χ1n) is 13.3. The fourth-order valence-electron chi connectivity index (χ4n) is 4.34. The van der Waals surface area contributed by atoms with E-state index in [4.69, 9.17) is 9.47 Å². The summed E-state index contributed by atoms with van der Waals surface area (Å²) in [6, 6.07) is 27.8. The van der Waals surface area contributed by atoms with E-state index in [1.165, 1.54) is 0 Å². The second kappa shape index (κ2) is 14.1. The largest absolute Gasteiger partial charge is 0.459 e. The molecule has 9 heteroatoms. The van der Waals surface area contributed by atoms with Crippen molar-refractivity contribution in [3.63, 3.8) is 0 Å². The van der Waals surface area contributed by atoms with E-state index in [0.29, 0.717) is 0 Å². The molecule has 0 saturated carbocycles. The van der Waals surface area contributed by atoms with Crippen molar-refractivity contribution in [3.05, 3.63) is 108 Å². The van der Waals surface area contributed by atoms with E-state index in [2.05, 4.69) is 16.0 Å². The van der Waals surface area contributed by atoms with Crippen molar-refractivity contribution in [1.82, 2.24) is 16.0 Å². The minimum atomic E-state index is -1.58. The number of carbonyl (C=O) groups is 4. The normalized spacial score (nSPS) is 12.5. The number of benzene rings is 3. The number of amides is 3. The van der Waals surface area contributed by atoms with Crippen LogP contribution in [0.5, 0.6) is 0 Å². The molecule has 0 saturated heterocycles. The highest BCUT2D eigenvalue weighted by molar-refractivity contribution is 5.94. The van der Waals surface area contributed by atoms with Gasteiger partial charge in [0, 0.05) is 5.92 Å². The van der Waals surface area contributed by atoms with Crippen LogP contribution in [0.1, 0.15) is 50.3 Å². The summed E-state index contributed by atoms with van der Waals surface area (Å²) in [6.07, 6.45) is -0.794. The number of alkyl carbamates (subject to hydrolysis) is 1. The van der Waals surface area contributed by atoms with Crippen molar-refractivity contribution in [2.24, 2.45) is 0 Å². The number of ether oxygens (including phenoxy) is 2. The first-order chi connectivity index (χ1) is 19.5. The molecule has 0 aliphatic heterocycles. The number of rotatable bonds is 11. The van der Waals surface area contributed by atoms with Crippen LogP contribution < -0.4 is 16.0 Å². The lowest BCUT2D eigenvalue weighted by Crippen LogP contribution is -2.61. The van der Waals surface area contributed by atoms with Crippen LogP contribution in [0.25, 0.3) is 0 Å². The third-order valence-electron chi connectivity index (χ3n) is 6.15. The lowest BCUT2D eigenvalue weighted by Gasteiger charge is -2.37. The Bertz CT molecular complexity index is 1270. The molecule has 216 valence electrons. The third kappa shape index (κ3) is 9.49. The molecule has 0 spiro atoms. The number of hydrogen-bond donors (Lipinski definition) is 3. The molecular weight excluding hydrogens is 522 g/mol. The molecule has 9 nitrogen and oxygen atoms in total. The molecule has 0 aliphatic rings. The number of nitrogens with one attached hydrogen (secondary N) is 3. The molecule has 0 radical (unpaired) electrons. The molecular formula is C32H37N3O6. The van der Waals surface area contributed by atoms with Crippen LogP contribution in [0.3, 0.4) is 0 Å². The zero-order valence-electron chi connectivity index (χ0n) is 23.8. The van der Waals surface area contributed by atoms with Crippen LogP contribution in [0, 0.1) is 0 Å². The Morgan fingerprint density at radius 3 is 1.73 bits per heavy atom. The maximum absolute atomic E-state index is 13.8. The molecule has 3 N–H and O–H groups in total. The summed E-state index contributed by atoms with van der Waals surface area (Å²) in [6.45, 7) is 6.01. The van der Waals surface area contributed by atoms with Crippen LogP contribution in [-0.2, 0) is 30.5 Å². The third-order valence-corrected chi connectivity index (χ3v) is 6.15. The van der Waals surface area contributed by atoms with Crippen LogP contribution in [0.15, 0.2) is 91.0 Å². The molecule has 3 aromatic carbocycles. The Balaban J connectivity index is 1.82. The van der Waals surface area contributed by atoms with Gasteiger partial charge in [-0.15, -0.1) is 0 Å². The van der Waals surface area contributed by atoms with Gasteiger partial charge in [-0.05, 0) is 44.4 Å². The van der Waals surface area contributed by atoms with Gasteiger partial charge in [0.15, 0.2) is 0 Å². The molecule has 0 aliphatic carbocycles. The van der Waals surface area contributed by atoms with Crippen LogP contribution in [0.4, 0.5) is 4.79 Å². The molecule has 3 amide bonds. The molecule has 0 aromatic heterocycles. The fraction of sp³-hybridized carbons (Fsp3) is 0.312. The highest BCUT2D eigenvalue weighted by Crippen LogP contribution is 2.35. The predicted octanol–water partition coefficient (Wildman–Crippen LogP) is 4.08. The van der Waals surface area contributed by atoms with Crippen molar-refractivity contribution < 1.29 is 28.7 Å². The van der Waals surface area contributed by atoms with E-state index in [1.54, 1.807) is 27.7 Å². The first kappa shape index (κ1) is 30.9. The lowest BCUT2D eigenvalue weighted by atomic mass is 9.75. The predicted molar refractivity (Wildman–Crippen MR) is 155 cm³/mol. The zero-order chi connectivity index (χ0) is 29.9. The summed E-state index contributed by atoms with van der Waals surface area (Å²) in [7, 11) is 0. The first-order valence-corrected chi connectivity index (χ1v) is 13.3. The molecule has 41 heavy (non-hydrogen) atoms. The second-order valence-corrected chi connectivity index (χ2v) is 10.7. The standard InChI is InChI=1S/C32H37N3O6/c1-31(2,3)41-27(37)21-33-26(36)20-34-29(38)32(4,35-30(39)40-22-23-14-8-5-9-15-23)28(24-16-10-6-11-17-24)25-18-12-7-13-19-25/h5-19,28H,20-22H2,1-4H3,(H,33,36)(H,34,38)(H,35,39)/t32-/m0/s1. The topological polar surface area (TPSA) is 123 Å². The van der Waals surface area contributed by atoms with Gasteiger partial charge in [0.2, 0.25) is 11.8 Å². The molecule has 1 atom stereocenters. The molecule has 3 aromatic rings. The molecule has 0 heterocycles. The Kier molecular flexibility index (Phi) is 10.6. The summed E-state index contributed by atoms with van der Waals surface area (Å²) in [4.78, 5) is 51.4. The van der Waals surface area contributed by atoms with Gasteiger partial charge in [-0.3, -0.25) is 14.4 Å². The molecule has 0 bridgehead atoms. The van der Waals surface area contributed by atoms with Crippen molar-refractivity contribution in [1.29, 1.82) is 0 Å². The highest BCUT2D eigenvalue weighted by atomic mass is 16.6. The van der Waals surface area contributed by atoms with E-state index in [0.717, 1.165) is 16.7 Å². The molecule has 0 unspecified atom stereocenters.